The Labute approximate surface area is 230 Å². The van der Waals surface area contributed by atoms with Crippen molar-refractivity contribution in [3.8, 4) is 5.75 Å². The van der Waals surface area contributed by atoms with E-state index in [1.165, 1.54) is 60.9 Å². The van der Waals surface area contributed by atoms with E-state index in [1.807, 2.05) is 0 Å². The fraction of sp³-hybridized carbons (Fsp3) is 0.0769. The normalized spacial score (nSPS) is 15.1. The maximum atomic E-state index is 13.5. The highest BCUT2D eigenvalue weighted by molar-refractivity contribution is 7.93. The highest BCUT2D eigenvalue weighted by atomic mass is 35.5. The van der Waals surface area contributed by atoms with Crippen molar-refractivity contribution in [2.24, 2.45) is 0 Å². The molecule has 0 spiro atoms. The molecule has 1 atom stereocenters. The van der Waals surface area contributed by atoms with Gasteiger partial charge in [0, 0.05) is 16.9 Å². The lowest BCUT2D eigenvalue weighted by Gasteiger charge is -2.34. The molecule has 2 N–H and O–H groups in total. The van der Waals surface area contributed by atoms with Crippen LogP contribution in [0.2, 0.25) is 5.02 Å². The number of fused-ring (bicyclic) bond motifs is 1. The van der Waals surface area contributed by atoms with E-state index in [0.29, 0.717) is 22.1 Å². The lowest BCUT2D eigenvalue weighted by atomic mass is 10.2. The summed E-state index contributed by atoms with van der Waals surface area (Å²) in [6.07, 6.45) is 1.72. The molecule has 200 valence electrons. The molecule has 0 unspecified atom stereocenters. The molecule has 2 heterocycles. The number of nitrogens with zero attached hydrogens (tertiary/aromatic N) is 2. The van der Waals surface area contributed by atoms with Gasteiger partial charge in [0.25, 0.3) is 26.0 Å². The number of sulfonamides is 2. The first-order valence-corrected chi connectivity index (χ1v) is 14.8. The van der Waals surface area contributed by atoms with Crippen LogP contribution in [-0.2, 0) is 24.8 Å². The molecule has 0 radical (unpaired) electrons. The minimum Gasteiger partial charge on any atom is -0.476 e. The van der Waals surface area contributed by atoms with E-state index in [-0.39, 0.29) is 22.1 Å². The molecule has 39 heavy (non-hydrogen) atoms. The zero-order valence-corrected chi connectivity index (χ0v) is 22.4. The zero-order valence-electron chi connectivity index (χ0n) is 20.1. The number of halogens is 1. The summed E-state index contributed by atoms with van der Waals surface area (Å²) < 4.78 is 61.6. The lowest BCUT2D eigenvalue weighted by molar-refractivity contribution is -0.122. The van der Waals surface area contributed by atoms with E-state index in [2.05, 4.69) is 15.0 Å². The number of hydrogen-bond acceptors (Lipinski definition) is 7. The zero-order chi connectivity index (χ0) is 27.6. The van der Waals surface area contributed by atoms with Crippen LogP contribution in [0.25, 0.3) is 0 Å². The number of pyridine rings is 1. The van der Waals surface area contributed by atoms with Gasteiger partial charge in [-0.3, -0.25) is 18.8 Å². The van der Waals surface area contributed by atoms with Gasteiger partial charge in [-0.15, -0.1) is 0 Å². The molecule has 0 fully saturated rings. The molecule has 1 aromatic heterocycles. The number of nitrogens with one attached hydrogen (secondary N) is 2. The number of rotatable bonds is 7. The van der Waals surface area contributed by atoms with E-state index in [0.717, 1.165) is 4.31 Å². The summed E-state index contributed by atoms with van der Waals surface area (Å²) in [5, 5.41) is 3.05. The SMILES string of the molecule is O=C(Nc1ccc(S(=O)(=O)Nc2cccnc2)cc1)[C@H]1CN(S(=O)(=O)c2ccc(Cl)cc2)c2ccccc2O1. The third kappa shape index (κ3) is 5.67. The predicted molar refractivity (Wildman–Crippen MR) is 147 cm³/mol. The van der Waals surface area contributed by atoms with E-state index in [9.17, 15) is 21.6 Å². The first kappa shape index (κ1) is 26.5. The molecule has 0 bridgehead atoms. The van der Waals surface area contributed by atoms with Crippen LogP contribution in [0.5, 0.6) is 5.75 Å². The molecule has 3 aromatic carbocycles. The van der Waals surface area contributed by atoms with Gasteiger partial charge in [0.1, 0.15) is 5.75 Å². The standard InChI is InChI=1S/C26H21ClN4O6S2/c27-18-7-11-22(12-8-18)39(35,36)31-17-25(37-24-6-2-1-5-23(24)31)26(32)29-19-9-13-21(14-10-19)38(33,34)30-20-4-3-15-28-16-20/h1-16,25,30H,17H2,(H,29,32)/t25-/m1/s1. The van der Waals surface area contributed by atoms with Gasteiger partial charge in [0.15, 0.2) is 6.10 Å². The molecule has 0 saturated carbocycles. The third-order valence-electron chi connectivity index (χ3n) is 5.77. The predicted octanol–water partition coefficient (Wildman–Crippen LogP) is 4.13. The summed E-state index contributed by atoms with van der Waals surface area (Å²) in [7, 11) is -7.92. The number of para-hydroxylation sites is 2. The van der Waals surface area contributed by atoms with Gasteiger partial charge in [-0.1, -0.05) is 23.7 Å². The number of hydrogen-bond donors (Lipinski definition) is 2. The minimum atomic E-state index is -4.04. The monoisotopic (exact) mass is 584 g/mol. The summed E-state index contributed by atoms with van der Waals surface area (Å²) >= 11 is 5.92. The van der Waals surface area contributed by atoms with E-state index in [4.69, 9.17) is 16.3 Å². The van der Waals surface area contributed by atoms with Crippen LogP contribution in [0.15, 0.2) is 107 Å². The number of anilines is 3. The average Bonchev–Trinajstić information content (AvgIpc) is 2.93. The smallest absolute Gasteiger partial charge is 0.267 e. The average molecular weight is 585 g/mol. The fourth-order valence-electron chi connectivity index (χ4n) is 3.88. The minimum absolute atomic E-state index is 0.0134. The van der Waals surface area contributed by atoms with E-state index in [1.54, 1.807) is 36.4 Å². The Bertz CT molecular complexity index is 1720. The van der Waals surface area contributed by atoms with Gasteiger partial charge in [0.05, 0.1) is 33.9 Å². The molecule has 13 heteroatoms. The van der Waals surface area contributed by atoms with Crippen LogP contribution in [0.3, 0.4) is 0 Å². The van der Waals surface area contributed by atoms with Crippen LogP contribution in [0.1, 0.15) is 0 Å². The Morgan fingerprint density at radius 2 is 1.56 bits per heavy atom. The number of ether oxygens (including phenoxy) is 1. The van der Waals surface area contributed by atoms with Crippen LogP contribution >= 0.6 is 11.6 Å². The van der Waals surface area contributed by atoms with Crippen molar-refractivity contribution in [1.82, 2.24) is 4.98 Å². The summed E-state index contributed by atoms with van der Waals surface area (Å²) in [6.45, 7) is -0.282. The van der Waals surface area contributed by atoms with Gasteiger partial charge >= 0.3 is 0 Å². The summed E-state index contributed by atoms with van der Waals surface area (Å²) in [5.74, 6) is -0.380. The van der Waals surface area contributed by atoms with Crippen molar-refractivity contribution in [2.75, 3.05) is 20.9 Å². The van der Waals surface area contributed by atoms with Crippen molar-refractivity contribution in [2.45, 2.75) is 15.9 Å². The molecule has 1 aliphatic rings. The maximum absolute atomic E-state index is 13.5. The second kappa shape index (κ2) is 10.6. The highest BCUT2D eigenvalue weighted by Crippen LogP contribution is 2.37. The molecule has 5 rings (SSSR count). The Hall–Kier alpha value is -4.13. The fourth-order valence-corrected chi connectivity index (χ4v) is 6.52. The molecule has 4 aromatic rings. The van der Waals surface area contributed by atoms with Crippen molar-refractivity contribution in [3.05, 3.63) is 102 Å². The molecule has 0 aliphatic carbocycles. The number of aromatic nitrogens is 1. The van der Waals surface area contributed by atoms with Gasteiger partial charge in [-0.25, -0.2) is 16.8 Å². The van der Waals surface area contributed by atoms with Gasteiger partial charge in [-0.2, -0.15) is 0 Å². The van der Waals surface area contributed by atoms with Crippen molar-refractivity contribution >= 4 is 54.6 Å². The second-order valence-electron chi connectivity index (χ2n) is 8.43. The summed E-state index contributed by atoms with van der Waals surface area (Å²) in [5.41, 5.74) is 0.907. The first-order valence-electron chi connectivity index (χ1n) is 11.5. The third-order valence-corrected chi connectivity index (χ3v) is 9.22. The Kier molecular flexibility index (Phi) is 7.17. The van der Waals surface area contributed by atoms with Crippen LogP contribution in [-0.4, -0.2) is 40.4 Å². The lowest BCUT2D eigenvalue weighted by Crippen LogP contribution is -2.48. The second-order valence-corrected chi connectivity index (χ2v) is 12.4. The Balaban J connectivity index is 1.34. The molecule has 10 nitrogen and oxygen atoms in total. The Morgan fingerprint density at radius 3 is 2.26 bits per heavy atom. The molecule has 1 aliphatic heterocycles. The van der Waals surface area contributed by atoms with Crippen molar-refractivity contribution < 1.29 is 26.4 Å². The molecular weight excluding hydrogens is 564 g/mol. The van der Waals surface area contributed by atoms with Crippen LogP contribution in [0.4, 0.5) is 17.1 Å². The quantitative estimate of drug-likeness (QED) is 0.333. The summed E-state index contributed by atoms with van der Waals surface area (Å²) in [6, 6.07) is 20.9. The Morgan fingerprint density at radius 1 is 0.872 bits per heavy atom. The van der Waals surface area contributed by atoms with Crippen molar-refractivity contribution in [3.63, 3.8) is 0 Å². The first-order chi connectivity index (χ1) is 18.6. The van der Waals surface area contributed by atoms with Gasteiger partial charge in [0.2, 0.25) is 0 Å². The molecule has 1 amide bonds. The summed E-state index contributed by atoms with van der Waals surface area (Å²) in [4.78, 5) is 17.0. The van der Waals surface area contributed by atoms with E-state index >= 15 is 0 Å². The van der Waals surface area contributed by atoms with E-state index < -0.39 is 32.1 Å². The number of benzene rings is 3. The molecule has 0 saturated heterocycles. The van der Waals surface area contributed by atoms with Gasteiger partial charge in [-0.05, 0) is 72.8 Å². The van der Waals surface area contributed by atoms with Crippen LogP contribution < -0.4 is 19.1 Å². The topological polar surface area (TPSA) is 135 Å². The van der Waals surface area contributed by atoms with Crippen LogP contribution in [0, 0.1) is 0 Å². The largest absolute Gasteiger partial charge is 0.476 e. The van der Waals surface area contributed by atoms with Crippen molar-refractivity contribution in [1.29, 1.82) is 0 Å². The number of carbonyl (C=O) groups is 1. The number of amides is 1. The van der Waals surface area contributed by atoms with Gasteiger partial charge < -0.3 is 10.1 Å². The highest BCUT2D eigenvalue weighted by Gasteiger charge is 2.37. The number of carbonyl (C=O) groups excluding carboxylic acids is 1. The molecular formula is C26H21ClN4O6S2. The maximum Gasteiger partial charge on any atom is 0.267 e.